The molecule has 7 nitrogen and oxygen atoms in total. The van der Waals surface area contributed by atoms with Crippen molar-refractivity contribution in [2.24, 2.45) is 0 Å². The number of aryl methyl sites for hydroxylation is 1. The summed E-state index contributed by atoms with van der Waals surface area (Å²) >= 11 is 0. The van der Waals surface area contributed by atoms with Crippen molar-refractivity contribution in [3.05, 3.63) is 77.1 Å². The third-order valence-corrected chi connectivity index (χ3v) is 5.07. The van der Waals surface area contributed by atoms with Crippen LogP contribution in [0.3, 0.4) is 0 Å². The summed E-state index contributed by atoms with van der Waals surface area (Å²) in [4.78, 5) is 27.0. The van der Waals surface area contributed by atoms with Crippen LogP contribution in [-0.4, -0.2) is 41.6 Å². The lowest BCUT2D eigenvalue weighted by atomic mass is 10.1. The average Bonchev–Trinajstić information content (AvgIpc) is 3.16. The highest BCUT2D eigenvalue weighted by Gasteiger charge is 2.29. The number of para-hydroxylation sites is 2. The summed E-state index contributed by atoms with van der Waals surface area (Å²) < 4.78 is 0. The number of H-pyrrole nitrogens is 1. The van der Waals surface area contributed by atoms with Gasteiger partial charge in [0.1, 0.15) is 11.7 Å². The molecule has 0 spiro atoms. The zero-order valence-corrected chi connectivity index (χ0v) is 16.4. The SMILES string of the molecule is Cc1ccc(Cc2cc(C(=O)NC3CNc4ccccc4N(C)C3=O)n[nH]2)cc1. The first-order valence-corrected chi connectivity index (χ1v) is 9.52. The van der Waals surface area contributed by atoms with Gasteiger partial charge in [0, 0.05) is 25.7 Å². The van der Waals surface area contributed by atoms with Crippen molar-refractivity contribution in [2.45, 2.75) is 19.4 Å². The van der Waals surface area contributed by atoms with Crippen LogP contribution in [-0.2, 0) is 11.2 Å². The van der Waals surface area contributed by atoms with Crippen LogP contribution in [0.15, 0.2) is 54.6 Å². The first-order valence-electron chi connectivity index (χ1n) is 9.52. The lowest BCUT2D eigenvalue weighted by molar-refractivity contribution is -0.119. The lowest BCUT2D eigenvalue weighted by Gasteiger charge is -2.20. The summed E-state index contributed by atoms with van der Waals surface area (Å²) in [6.07, 6.45) is 0.655. The molecule has 3 N–H and O–H groups in total. The molecule has 0 bridgehead atoms. The van der Waals surface area contributed by atoms with Crippen molar-refractivity contribution in [3.63, 3.8) is 0 Å². The highest BCUT2D eigenvalue weighted by Crippen LogP contribution is 2.27. The molecule has 0 fully saturated rings. The molecule has 1 atom stereocenters. The predicted molar refractivity (Wildman–Crippen MR) is 112 cm³/mol. The van der Waals surface area contributed by atoms with Gasteiger partial charge in [0.05, 0.1) is 11.4 Å². The minimum atomic E-state index is -0.683. The van der Waals surface area contributed by atoms with Crippen molar-refractivity contribution in [2.75, 3.05) is 23.8 Å². The van der Waals surface area contributed by atoms with E-state index in [1.54, 1.807) is 18.0 Å². The number of amides is 2. The predicted octanol–water partition coefficient (Wildman–Crippen LogP) is 2.50. The standard InChI is InChI=1S/C22H23N5O2/c1-14-7-9-15(10-8-14)11-16-12-18(26-25-16)21(28)24-19-13-23-17-5-3-4-6-20(17)27(2)22(19)29/h3-10,12,19,23H,11,13H2,1-2H3,(H,24,28)(H,25,26). The lowest BCUT2D eigenvalue weighted by Crippen LogP contribution is -2.49. The molecule has 0 aliphatic carbocycles. The second-order valence-electron chi connectivity index (χ2n) is 7.26. The molecule has 3 aromatic rings. The Morgan fingerprint density at radius 3 is 2.76 bits per heavy atom. The number of nitrogens with zero attached hydrogens (tertiary/aromatic N) is 2. The maximum atomic E-state index is 12.8. The third kappa shape index (κ3) is 3.99. The summed E-state index contributed by atoms with van der Waals surface area (Å²) in [6.45, 7) is 2.36. The van der Waals surface area contributed by atoms with Gasteiger partial charge in [0.25, 0.3) is 11.8 Å². The second-order valence-corrected chi connectivity index (χ2v) is 7.26. The zero-order valence-electron chi connectivity index (χ0n) is 16.4. The van der Waals surface area contributed by atoms with Crippen molar-refractivity contribution in [1.82, 2.24) is 15.5 Å². The Bertz CT molecular complexity index is 1040. The van der Waals surface area contributed by atoms with Crippen LogP contribution in [0.25, 0.3) is 0 Å². The Labute approximate surface area is 169 Å². The van der Waals surface area contributed by atoms with E-state index in [4.69, 9.17) is 0 Å². The molecule has 148 valence electrons. The number of anilines is 2. The van der Waals surface area contributed by atoms with Gasteiger partial charge in [-0.3, -0.25) is 14.7 Å². The van der Waals surface area contributed by atoms with Crippen LogP contribution >= 0.6 is 0 Å². The van der Waals surface area contributed by atoms with Crippen LogP contribution in [0.1, 0.15) is 27.3 Å². The van der Waals surface area contributed by atoms with E-state index in [0.717, 1.165) is 22.6 Å². The number of rotatable bonds is 4. The molecule has 0 saturated carbocycles. The van der Waals surface area contributed by atoms with Crippen LogP contribution in [0.5, 0.6) is 0 Å². The molecule has 4 rings (SSSR count). The number of hydrogen-bond acceptors (Lipinski definition) is 4. The van der Waals surface area contributed by atoms with E-state index in [1.807, 2.05) is 31.2 Å². The molecule has 2 amide bonds. The maximum absolute atomic E-state index is 12.8. The van der Waals surface area contributed by atoms with E-state index < -0.39 is 6.04 Å². The summed E-state index contributed by atoms with van der Waals surface area (Å²) in [5, 5.41) is 13.1. The van der Waals surface area contributed by atoms with E-state index in [-0.39, 0.29) is 17.5 Å². The molecule has 1 unspecified atom stereocenters. The van der Waals surface area contributed by atoms with Crippen LogP contribution in [0.4, 0.5) is 11.4 Å². The number of hydrogen-bond donors (Lipinski definition) is 3. The Hall–Kier alpha value is -3.61. The zero-order chi connectivity index (χ0) is 20.4. The summed E-state index contributed by atoms with van der Waals surface area (Å²) in [6, 6.07) is 16.8. The second kappa shape index (κ2) is 7.79. The van der Waals surface area contributed by atoms with Gasteiger partial charge in [0.15, 0.2) is 0 Å². The first kappa shape index (κ1) is 18.7. The molecule has 0 saturated heterocycles. The summed E-state index contributed by atoms with van der Waals surface area (Å²) in [5.41, 5.74) is 5.09. The highest BCUT2D eigenvalue weighted by molar-refractivity contribution is 6.04. The van der Waals surface area contributed by atoms with Gasteiger partial charge in [-0.05, 0) is 30.7 Å². The van der Waals surface area contributed by atoms with Gasteiger partial charge >= 0.3 is 0 Å². The molecule has 0 radical (unpaired) electrons. The van der Waals surface area contributed by atoms with E-state index in [2.05, 4.69) is 45.1 Å². The van der Waals surface area contributed by atoms with Gasteiger partial charge in [-0.15, -0.1) is 0 Å². The number of nitrogens with one attached hydrogen (secondary N) is 3. The average molecular weight is 389 g/mol. The van der Waals surface area contributed by atoms with Gasteiger partial charge < -0.3 is 15.5 Å². The fraction of sp³-hybridized carbons (Fsp3) is 0.227. The van der Waals surface area contributed by atoms with Gasteiger partial charge in [0.2, 0.25) is 0 Å². The third-order valence-electron chi connectivity index (χ3n) is 5.07. The molecular weight excluding hydrogens is 366 g/mol. The van der Waals surface area contributed by atoms with Gasteiger partial charge in [-0.25, -0.2) is 0 Å². The van der Waals surface area contributed by atoms with Gasteiger partial charge in [-0.2, -0.15) is 5.10 Å². The molecule has 29 heavy (non-hydrogen) atoms. The molecule has 1 aromatic heterocycles. The Balaban J connectivity index is 1.44. The van der Waals surface area contributed by atoms with Gasteiger partial charge in [-0.1, -0.05) is 42.0 Å². The largest absolute Gasteiger partial charge is 0.381 e. The molecule has 7 heteroatoms. The Morgan fingerprint density at radius 2 is 1.97 bits per heavy atom. The van der Waals surface area contributed by atoms with E-state index in [1.165, 1.54) is 5.56 Å². The maximum Gasteiger partial charge on any atom is 0.272 e. The fourth-order valence-electron chi connectivity index (χ4n) is 3.41. The molecule has 1 aliphatic heterocycles. The number of likely N-dealkylation sites (N-methyl/N-ethyl adjacent to an activating group) is 1. The summed E-state index contributed by atoms with van der Waals surface area (Å²) in [7, 11) is 1.71. The van der Waals surface area contributed by atoms with Crippen LogP contribution in [0, 0.1) is 6.92 Å². The Morgan fingerprint density at radius 1 is 1.21 bits per heavy atom. The number of carbonyl (C=O) groups excluding carboxylic acids is 2. The minimum Gasteiger partial charge on any atom is -0.381 e. The van der Waals surface area contributed by atoms with Crippen molar-refractivity contribution in [3.8, 4) is 0 Å². The molecule has 2 heterocycles. The monoisotopic (exact) mass is 389 g/mol. The normalized spacial score (nSPS) is 16.0. The van der Waals surface area contributed by atoms with Crippen molar-refractivity contribution < 1.29 is 9.59 Å². The van der Waals surface area contributed by atoms with Crippen LogP contribution < -0.4 is 15.5 Å². The van der Waals surface area contributed by atoms with E-state index >= 15 is 0 Å². The highest BCUT2D eigenvalue weighted by atomic mass is 16.2. The topological polar surface area (TPSA) is 90.1 Å². The number of aromatic amines is 1. The van der Waals surface area contributed by atoms with E-state index in [0.29, 0.717) is 13.0 Å². The minimum absolute atomic E-state index is 0.175. The summed E-state index contributed by atoms with van der Waals surface area (Å²) in [5.74, 6) is -0.554. The van der Waals surface area contributed by atoms with Crippen LogP contribution in [0.2, 0.25) is 0 Å². The van der Waals surface area contributed by atoms with Crippen molar-refractivity contribution >= 4 is 23.2 Å². The van der Waals surface area contributed by atoms with E-state index in [9.17, 15) is 9.59 Å². The van der Waals surface area contributed by atoms with Crippen molar-refractivity contribution in [1.29, 1.82) is 0 Å². The quantitative estimate of drug-likeness (QED) is 0.640. The number of aromatic nitrogens is 2. The number of fused-ring (bicyclic) bond motifs is 1. The first-order chi connectivity index (χ1) is 14.0. The smallest absolute Gasteiger partial charge is 0.272 e. The molecular formula is C22H23N5O2. The molecule has 1 aliphatic rings. The Kier molecular flexibility index (Phi) is 5.03. The fourth-order valence-corrected chi connectivity index (χ4v) is 3.41. The number of benzene rings is 2. The number of carbonyl (C=O) groups is 2. The molecule has 2 aromatic carbocycles.